The fourth-order valence-corrected chi connectivity index (χ4v) is 2.33. The number of nitrogens with zero attached hydrogens (tertiary/aromatic N) is 1. The summed E-state index contributed by atoms with van der Waals surface area (Å²) >= 11 is 14.8. The monoisotopic (exact) mass is 362 g/mol. The highest BCUT2D eigenvalue weighted by molar-refractivity contribution is 9.10. The molecule has 0 aliphatic carbocycles. The fraction of sp³-hybridized carbons (Fsp3) is 0. The minimum absolute atomic E-state index is 0.0384. The second-order valence-electron chi connectivity index (χ2n) is 3.57. The number of hydrogen-bond acceptors (Lipinski definition) is 2. The molecule has 0 radical (unpaired) electrons. The van der Waals surface area contributed by atoms with Crippen LogP contribution in [0.5, 0.6) is 0 Å². The Balaban J connectivity index is 2.28. The van der Waals surface area contributed by atoms with Crippen LogP contribution in [0.25, 0.3) is 0 Å². The van der Waals surface area contributed by atoms with E-state index in [1.165, 1.54) is 0 Å². The molecule has 1 heterocycles. The lowest BCUT2D eigenvalue weighted by molar-refractivity contribution is 0.102. The Morgan fingerprint density at radius 3 is 2.74 bits per heavy atom. The summed E-state index contributed by atoms with van der Waals surface area (Å²) < 4.78 is 13.7. The molecule has 1 aromatic carbocycles. The van der Waals surface area contributed by atoms with E-state index >= 15 is 0 Å². The van der Waals surface area contributed by atoms with Crippen LogP contribution in [0, 0.1) is 5.82 Å². The van der Waals surface area contributed by atoms with Gasteiger partial charge in [0.2, 0.25) is 0 Å². The number of hydrogen-bond donors (Lipinski definition) is 1. The Hall–Kier alpha value is -1.17. The molecule has 2 aromatic rings. The van der Waals surface area contributed by atoms with Crippen LogP contribution in [-0.2, 0) is 0 Å². The van der Waals surface area contributed by atoms with Crippen LogP contribution in [0.2, 0.25) is 10.2 Å². The molecule has 19 heavy (non-hydrogen) atoms. The van der Waals surface area contributed by atoms with E-state index in [4.69, 9.17) is 23.2 Å². The number of carbonyl (C=O) groups excluding carboxylic acids is 1. The zero-order chi connectivity index (χ0) is 14.0. The molecule has 1 N–H and O–H groups in total. The highest BCUT2D eigenvalue weighted by Gasteiger charge is 2.14. The SMILES string of the molecule is O=C(Nc1ccc(Cl)cc1Br)c1cc(F)cnc1Cl. The maximum atomic E-state index is 13.1. The van der Waals surface area contributed by atoms with Crippen molar-refractivity contribution < 1.29 is 9.18 Å². The van der Waals surface area contributed by atoms with E-state index in [0.717, 1.165) is 12.3 Å². The van der Waals surface area contributed by atoms with Gasteiger partial charge >= 0.3 is 0 Å². The van der Waals surface area contributed by atoms with Crippen molar-refractivity contribution in [3.8, 4) is 0 Å². The highest BCUT2D eigenvalue weighted by atomic mass is 79.9. The second-order valence-corrected chi connectivity index (χ2v) is 5.22. The largest absolute Gasteiger partial charge is 0.321 e. The molecule has 0 aliphatic rings. The third-order valence-electron chi connectivity index (χ3n) is 2.23. The first-order valence-electron chi connectivity index (χ1n) is 5.05. The van der Waals surface area contributed by atoms with Crippen LogP contribution in [0.3, 0.4) is 0 Å². The van der Waals surface area contributed by atoms with Crippen LogP contribution < -0.4 is 5.32 Å². The van der Waals surface area contributed by atoms with Crippen molar-refractivity contribution in [3.05, 3.63) is 56.5 Å². The normalized spacial score (nSPS) is 10.3. The molecule has 98 valence electrons. The molecule has 7 heteroatoms. The van der Waals surface area contributed by atoms with Crippen LogP contribution in [0.1, 0.15) is 10.4 Å². The van der Waals surface area contributed by atoms with E-state index in [9.17, 15) is 9.18 Å². The number of pyridine rings is 1. The number of nitrogens with one attached hydrogen (secondary N) is 1. The van der Waals surface area contributed by atoms with Gasteiger partial charge in [-0.2, -0.15) is 0 Å². The topological polar surface area (TPSA) is 42.0 Å². The van der Waals surface area contributed by atoms with Gasteiger partial charge in [-0.1, -0.05) is 23.2 Å². The number of amides is 1. The van der Waals surface area contributed by atoms with Crippen molar-refractivity contribution in [2.75, 3.05) is 5.32 Å². The molecule has 0 spiro atoms. The Morgan fingerprint density at radius 2 is 2.05 bits per heavy atom. The average Bonchev–Trinajstić information content (AvgIpc) is 2.35. The summed E-state index contributed by atoms with van der Waals surface area (Å²) in [7, 11) is 0. The summed E-state index contributed by atoms with van der Waals surface area (Å²) in [4.78, 5) is 15.5. The Bertz CT molecular complexity index is 652. The molecule has 0 atom stereocenters. The van der Waals surface area contributed by atoms with Crippen molar-refractivity contribution in [3.63, 3.8) is 0 Å². The van der Waals surface area contributed by atoms with Gasteiger partial charge in [0.25, 0.3) is 5.91 Å². The van der Waals surface area contributed by atoms with Crippen LogP contribution in [0.4, 0.5) is 10.1 Å². The summed E-state index contributed by atoms with van der Waals surface area (Å²) in [5.41, 5.74) is 0.457. The van der Waals surface area contributed by atoms with Gasteiger partial charge in [-0.3, -0.25) is 4.79 Å². The van der Waals surface area contributed by atoms with Gasteiger partial charge in [-0.15, -0.1) is 0 Å². The van der Waals surface area contributed by atoms with Gasteiger partial charge in [0.05, 0.1) is 17.4 Å². The van der Waals surface area contributed by atoms with Crippen LogP contribution >= 0.6 is 39.1 Å². The van der Waals surface area contributed by atoms with Gasteiger partial charge in [-0.05, 0) is 40.2 Å². The van der Waals surface area contributed by atoms with Crippen molar-refractivity contribution in [2.45, 2.75) is 0 Å². The number of benzene rings is 1. The maximum absolute atomic E-state index is 13.1. The lowest BCUT2D eigenvalue weighted by atomic mass is 10.2. The Morgan fingerprint density at radius 1 is 1.32 bits per heavy atom. The van der Waals surface area contributed by atoms with Crippen molar-refractivity contribution >= 4 is 50.7 Å². The molecular formula is C12H6BrCl2FN2O. The van der Waals surface area contributed by atoms with Gasteiger partial charge < -0.3 is 5.32 Å². The Labute approximate surface area is 126 Å². The minimum Gasteiger partial charge on any atom is -0.321 e. The summed E-state index contributed by atoms with van der Waals surface area (Å²) in [5, 5.41) is 3.04. The minimum atomic E-state index is -0.635. The molecular weight excluding hydrogens is 358 g/mol. The molecule has 0 bridgehead atoms. The third kappa shape index (κ3) is 3.43. The van der Waals surface area contributed by atoms with E-state index in [2.05, 4.69) is 26.2 Å². The molecule has 0 unspecified atom stereocenters. The first-order chi connectivity index (χ1) is 8.97. The van der Waals surface area contributed by atoms with E-state index in [1.54, 1.807) is 18.2 Å². The quantitative estimate of drug-likeness (QED) is 0.795. The maximum Gasteiger partial charge on any atom is 0.258 e. The zero-order valence-corrected chi connectivity index (χ0v) is 12.4. The molecule has 0 saturated heterocycles. The summed E-state index contributed by atoms with van der Waals surface area (Å²) in [6.07, 6.45) is 0.942. The van der Waals surface area contributed by atoms with E-state index in [-0.39, 0.29) is 10.7 Å². The van der Waals surface area contributed by atoms with Crippen molar-refractivity contribution in [1.29, 1.82) is 0 Å². The van der Waals surface area contributed by atoms with Gasteiger partial charge in [0, 0.05) is 9.50 Å². The molecule has 1 amide bonds. The predicted molar refractivity (Wildman–Crippen MR) is 76.3 cm³/mol. The number of carbonyl (C=O) groups is 1. The smallest absolute Gasteiger partial charge is 0.258 e. The molecule has 2 rings (SSSR count). The first kappa shape index (κ1) is 14.2. The fourth-order valence-electron chi connectivity index (χ4n) is 1.36. The summed E-state index contributed by atoms with van der Waals surface area (Å²) in [5.74, 6) is -1.19. The van der Waals surface area contributed by atoms with E-state index < -0.39 is 11.7 Å². The highest BCUT2D eigenvalue weighted by Crippen LogP contribution is 2.26. The lowest BCUT2D eigenvalue weighted by Gasteiger charge is -2.08. The van der Waals surface area contributed by atoms with E-state index in [1.807, 2.05) is 0 Å². The number of rotatable bonds is 2. The average molecular weight is 364 g/mol. The van der Waals surface area contributed by atoms with Crippen LogP contribution in [0.15, 0.2) is 34.9 Å². The van der Waals surface area contributed by atoms with Crippen molar-refractivity contribution in [1.82, 2.24) is 4.98 Å². The number of anilines is 1. The summed E-state index contributed by atoms with van der Waals surface area (Å²) in [6, 6.07) is 5.88. The molecule has 1 aromatic heterocycles. The predicted octanol–water partition coefficient (Wildman–Crippen LogP) is 4.54. The van der Waals surface area contributed by atoms with Gasteiger partial charge in [0.1, 0.15) is 11.0 Å². The Kier molecular flexibility index (Phi) is 4.39. The molecule has 0 fully saturated rings. The zero-order valence-electron chi connectivity index (χ0n) is 9.25. The molecule has 0 aliphatic heterocycles. The number of aromatic nitrogens is 1. The third-order valence-corrected chi connectivity index (χ3v) is 3.42. The van der Waals surface area contributed by atoms with Gasteiger partial charge in [-0.25, -0.2) is 9.37 Å². The standard InChI is InChI=1S/C12H6BrCl2FN2O/c13-9-3-6(14)1-2-10(9)18-12(19)8-4-7(16)5-17-11(8)15/h1-5H,(H,18,19). The first-order valence-corrected chi connectivity index (χ1v) is 6.59. The van der Waals surface area contributed by atoms with Crippen molar-refractivity contribution in [2.24, 2.45) is 0 Å². The molecule has 0 saturated carbocycles. The lowest BCUT2D eigenvalue weighted by Crippen LogP contribution is -2.13. The van der Waals surface area contributed by atoms with E-state index in [0.29, 0.717) is 15.2 Å². The number of halogens is 4. The van der Waals surface area contributed by atoms with Gasteiger partial charge in [0.15, 0.2) is 0 Å². The summed E-state index contributed by atoms with van der Waals surface area (Å²) in [6.45, 7) is 0. The molecule has 3 nitrogen and oxygen atoms in total. The van der Waals surface area contributed by atoms with Crippen LogP contribution in [-0.4, -0.2) is 10.9 Å². The second kappa shape index (κ2) is 5.86.